The first-order valence-corrected chi connectivity index (χ1v) is 7.41. The van der Waals surface area contributed by atoms with Crippen LogP contribution in [0.1, 0.15) is 0 Å². The molecule has 0 spiro atoms. The van der Waals surface area contributed by atoms with Gasteiger partial charge in [0.05, 0.1) is 5.69 Å². The number of aromatic nitrogens is 5. The van der Waals surface area contributed by atoms with Gasteiger partial charge in [-0.1, -0.05) is 23.7 Å². The molecule has 3 rings (SSSR count). The van der Waals surface area contributed by atoms with Gasteiger partial charge in [-0.15, -0.1) is 16.4 Å². The second kappa shape index (κ2) is 5.28. The van der Waals surface area contributed by atoms with E-state index in [4.69, 9.17) is 11.6 Å². The minimum Gasteiger partial charge on any atom is -0.229 e. The number of aryl methyl sites for hydroxylation is 1. The number of tetrazole rings is 1. The van der Waals surface area contributed by atoms with Crippen LogP contribution in [0.25, 0.3) is 11.3 Å². The fourth-order valence-electron chi connectivity index (χ4n) is 1.44. The zero-order valence-corrected chi connectivity index (χ0v) is 12.2. The lowest BCUT2D eigenvalue weighted by Gasteiger charge is -1.96. The maximum absolute atomic E-state index is 5.87. The Hall–Kier alpha value is -1.44. The van der Waals surface area contributed by atoms with Crippen LogP contribution in [0.5, 0.6) is 0 Å². The summed E-state index contributed by atoms with van der Waals surface area (Å²) in [6, 6.07) is 7.62. The molecule has 0 aliphatic heterocycles. The first-order chi connectivity index (χ1) is 9.22. The molecule has 0 unspecified atom stereocenters. The van der Waals surface area contributed by atoms with Crippen molar-refractivity contribution in [2.75, 3.05) is 0 Å². The van der Waals surface area contributed by atoms with Gasteiger partial charge < -0.3 is 0 Å². The van der Waals surface area contributed by atoms with Crippen molar-refractivity contribution in [3.63, 3.8) is 0 Å². The summed E-state index contributed by atoms with van der Waals surface area (Å²) in [5.41, 5.74) is 1.97. The maximum Gasteiger partial charge on any atom is 0.216 e. The van der Waals surface area contributed by atoms with Crippen LogP contribution in [0.4, 0.5) is 0 Å². The number of hydrogen-bond donors (Lipinski definition) is 0. The zero-order valence-electron chi connectivity index (χ0n) is 9.82. The molecule has 0 bridgehead atoms. The van der Waals surface area contributed by atoms with Crippen LogP contribution >= 0.6 is 34.7 Å². The summed E-state index contributed by atoms with van der Waals surface area (Å²) >= 11 is 8.88. The van der Waals surface area contributed by atoms with E-state index in [1.165, 1.54) is 11.8 Å². The Morgan fingerprint density at radius 2 is 2.05 bits per heavy atom. The third-order valence-electron chi connectivity index (χ3n) is 2.38. The van der Waals surface area contributed by atoms with E-state index in [0.717, 1.165) is 25.8 Å². The zero-order chi connectivity index (χ0) is 13.2. The molecule has 1 aromatic carbocycles. The molecule has 5 nitrogen and oxygen atoms in total. The van der Waals surface area contributed by atoms with Gasteiger partial charge in [-0.3, -0.25) is 0 Å². The molecule has 0 N–H and O–H groups in total. The van der Waals surface area contributed by atoms with Gasteiger partial charge in [-0.25, -0.2) is 9.67 Å². The molecule has 8 heteroatoms. The summed E-state index contributed by atoms with van der Waals surface area (Å²) in [6.45, 7) is 0. The number of hydrogen-bond acceptors (Lipinski definition) is 6. The van der Waals surface area contributed by atoms with Crippen LogP contribution in [0.3, 0.4) is 0 Å². The molecule has 0 saturated carbocycles. The predicted octanol–water partition coefficient (Wildman–Crippen LogP) is 3.14. The van der Waals surface area contributed by atoms with Crippen molar-refractivity contribution in [1.82, 2.24) is 25.2 Å². The number of nitrogens with zero attached hydrogens (tertiary/aromatic N) is 5. The van der Waals surface area contributed by atoms with Crippen molar-refractivity contribution in [1.29, 1.82) is 0 Å². The molecule has 3 aromatic rings. The number of halogens is 1. The van der Waals surface area contributed by atoms with Gasteiger partial charge in [0.2, 0.25) is 5.16 Å². The Morgan fingerprint density at radius 1 is 1.26 bits per heavy atom. The molecule has 96 valence electrons. The Labute approximate surface area is 122 Å². The Kier molecular flexibility index (Phi) is 3.50. The average molecular weight is 310 g/mol. The van der Waals surface area contributed by atoms with Crippen LogP contribution in [-0.2, 0) is 7.05 Å². The van der Waals surface area contributed by atoms with E-state index in [1.807, 2.05) is 29.6 Å². The molecule has 0 saturated heterocycles. The molecule has 0 atom stereocenters. The van der Waals surface area contributed by atoms with Gasteiger partial charge in [-0.2, -0.15) is 0 Å². The summed E-state index contributed by atoms with van der Waals surface area (Å²) in [5.74, 6) is 0. The topological polar surface area (TPSA) is 56.5 Å². The van der Waals surface area contributed by atoms with Gasteiger partial charge in [0.25, 0.3) is 0 Å². The first-order valence-electron chi connectivity index (χ1n) is 5.34. The van der Waals surface area contributed by atoms with Crippen LogP contribution in [0.2, 0.25) is 5.02 Å². The Balaban J connectivity index is 1.83. The molecular formula is C11H8ClN5S2. The van der Waals surface area contributed by atoms with E-state index < -0.39 is 0 Å². The van der Waals surface area contributed by atoms with Gasteiger partial charge in [-0.05, 0) is 34.3 Å². The van der Waals surface area contributed by atoms with E-state index in [0.29, 0.717) is 0 Å². The van der Waals surface area contributed by atoms with Gasteiger partial charge >= 0.3 is 0 Å². The lowest BCUT2D eigenvalue weighted by Crippen LogP contribution is -1.92. The van der Waals surface area contributed by atoms with Crippen molar-refractivity contribution in [2.45, 2.75) is 9.50 Å². The van der Waals surface area contributed by atoms with E-state index in [2.05, 4.69) is 20.5 Å². The normalized spacial score (nSPS) is 10.8. The average Bonchev–Trinajstić information content (AvgIpc) is 3.01. The van der Waals surface area contributed by atoms with Gasteiger partial charge in [0, 0.05) is 23.0 Å². The lowest BCUT2D eigenvalue weighted by molar-refractivity contribution is 0.664. The highest BCUT2D eigenvalue weighted by Crippen LogP contribution is 2.31. The molecule has 0 aliphatic carbocycles. The molecule has 0 fully saturated rings. The number of benzene rings is 1. The highest BCUT2D eigenvalue weighted by atomic mass is 35.5. The third kappa shape index (κ3) is 2.78. The Morgan fingerprint density at radius 3 is 2.74 bits per heavy atom. The SMILES string of the molecule is Cn1nnnc1Sc1nc(-c2ccc(Cl)cc2)cs1. The highest BCUT2D eigenvalue weighted by Gasteiger charge is 2.10. The summed E-state index contributed by atoms with van der Waals surface area (Å²) in [6.07, 6.45) is 0. The fourth-order valence-corrected chi connectivity index (χ4v) is 3.23. The van der Waals surface area contributed by atoms with Crippen molar-refractivity contribution < 1.29 is 0 Å². The molecule has 0 amide bonds. The van der Waals surface area contributed by atoms with Crippen LogP contribution in [-0.4, -0.2) is 25.2 Å². The minimum absolute atomic E-state index is 0.719. The van der Waals surface area contributed by atoms with Crippen LogP contribution in [0.15, 0.2) is 39.1 Å². The third-order valence-corrected chi connectivity index (χ3v) is 4.60. The molecule has 2 heterocycles. The molecule has 19 heavy (non-hydrogen) atoms. The predicted molar refractivity (Wildman–Crippen MR) is 75.5 cm³/mol. The summed E-state index contributed by atoms with van der Waals surface area (Å²) in [7, 11) is 1.80. The minimum atomic E-state index is 0.719. The van der Waals surface area contributed by atoms with Crippen molar-refractivity contribution in [3.8, 4) is 11.3 Å². The van der Waals surface area contributed by atoms with E-state index in [1.54, 1.807) is 23.1 Å². The van der Waals surface area contributed by atoms with Crippen LogP contribution in [0, 0.1) is 0 Å². The van der Waals surface area contributed by atoms with E-state index in [-0.39, 0.29) is 0 Å². The highest BCUT2D eigenvalue weighted by molar-refractivity contribution is 8.00. The maximum atomic E-state index is 5.87. The number of thiazole rings is 1. The van der Waals surface area contributed by atoms with Crippen molar-refractivity contribution in [3.05, 3.63) is 34.7 Å². The number of rotatable bonds is 3. The quantitative estimate of drug-likeness (QED) is 0.744. The summed E-state index contributed by atoms with van der Waals surface area (Å²) in [4.78, 5) is 4.56. The second-order valence-electron chi connectivity index (χ2n) is 3.69. The van der Waals surface area contributed by atoms with Crippen LogP contribution < -0.4 is 0 Å². The molecule has 0 aliphatic rings. The monoisotopic (exact) mass is 309 g/mol. The largest absolute Gasteiger partial charge is 0.229 e. The lowest BCUT2D eigenvalue weighted by atomic mass is 10.2. The summed E-state index contributed by atoms with van der Waals surface area (Å²) < 4.78 is 2.52. The fraction of sp³-hybridized carbons (Fsp3) is 0.0909. The standard InChI is InChI=1S/C11H8ClN5S2/c1-17-10(14-15-16-17)19-11-13-9(6-18-11)7-2-4-8(12)5-3-7/h2-6H,1H3. The molecular weight excluding hydrogens is 302 g/mol. The first kappa shape index (κ1) is 12.6. The molecule has 2 aromatic heterocycles. The van der Waals surface area contributed by atoms with Gasteiger partial charge in [0.15, 0.2) is 4.34 Å². The van der Waals surface area contributed by atoms with Crippen molar-refractivity contribution >= 4 is 34.7 Å². The second-order valence-corrected chi connectivity index (χ2v) is 6.20. The van der Waals surface area contributed by atoms with E-state index >= 15 is 0 Å². The molecule has 0 radical (unpaired) electrons. The Bertz CT molecular complexity index is 691. The van der Waals surface area contributed by atoms with Gasteiger partial charge in [0.1, 0.15) is 0 Å². The smallest absolute Gasteiger partial charge is 0.216 e. The van der Waals surface area contributed by atoms with E-state index in [9.17, 15) is 0 Å². The van der Waals surface area contributed by atoms with Crippen molar-refractivity contribution in [2.24, 2.45) is 7.05 Å². The summed E-state index contributed by atoms with van der Waals surface area (Å²) in [5, 5.41) is 14.7.